The summed E-state index contributed by atoms with van der Waals surface area (Å²) in [6.45, 7) is 5.72. The maximum absolute atomic E-state index is 3.51. The van der Waals surface area contributed by atoms with E-state index in [9.17, 15) is 0 Å². The third-order valence-corrected chi connectivity index (χ3v) is 2.79. The highest BCUT2D eigenvalue weighted by Crippen LogP contribution is 2.48. The van der Waals surface area contributed by atoms with Crippen molar-refractivity contribution in [3.8, 4) is 0 Å². The van der Waals surface area contributed by atoms with Gasteiger partial charge in [0.05, 0.1) is 0 Å². The molecule has 0 amide bonds. The van der Waals surface area contributed by atoms with Gasteiger partial charge < -0.3 is 10.6 Å². The molecule has 0 unspecified atom stereocenters. The number of hydrogen-bond donors (Lipinski definition) is 2. The average Bonchev–Trinajstić information content (AvgIpc) is 2.81. The van der Waals surface area contributed by atoms with E-state index >= 15 is 0 Å². The van der Waals surface area contributed by atoms with Gasteiger partial charge in [0.1, 0.15) is 0 Å². The minimum absolute atomic E-state index is 0.711. The van der Waals surface area contributed by atoms with Gasteiger partial charge in [-0.25, -0.2) is 0 Å². The highest BCUT2D eigenvalue weighted by atomic mass is 14.9. The van der Waals surface area contributed by atoms with Crippen LogP contribution in [0.2, 0.25) is 0 Å². The highest BCUT2D eigenvalue weighted by molar-refractivity contribution is 4.94. The normalized spacial score (nSPS) is 19.5. The topological polar surface area (TPSA) is 24.1 Å². The first-order valence-corrected chi connectivity index (χ1v) is 5.18. The molecular weight excluding hydrogens is 148 g/mol. The largest absolute Gasteiger partial charge is 0.318 e. The van der Waals surface area contributed by atoms with Crippen LogP contribution in [-0.2, 0) is 0 Å². The number of likely N-dealkylation sites (N-methyl/N-ethyl adjacent to an activating group) is 1. The first-order chi connectivity index (χ1) is 5.83. The molecule has 0 spiro atoms. The zero-order chi connectivity index (χ0) is 8.86. The van der Waals surface area contributed by atoms with E-state index < -0.39 is 0 Å². The lowest BCUT2D eigenvalue weighted by molar-refractivity contribution is 0.421. The zero-order valence-electron chi connectivity index (χ0n) is 8.45. The van der Waals surface area contributed by atoms with Crippen LogP contribution in [0.5, 0.6) is 0 Å². The van der Waals surface area contributed by atoms with Crippen molar-refractivity contribution in [1.29, 1.82) is 0 Å². The van der Waals surface area contributed by atoms with Crippen molar-refractivity contribution in [2.75, 3.05) is 26.7 Å². The maximum Gasteiger partial charge on any atom is 0.00768 e. The fourth-order valence-corrected chi connectivity index (χ4v) is 1.79. The molecule has 2 nitrogen and oxygen atoms in total. The average molecular weight is 170 g/mol. The van der Waals surface area contributed by atoms with Crippen LogP contribution in [0.4, 0.5) is 0 Å². The zero-order valence-corrected chi connectivity index (χ0v) is 8.45. The summed E-state index contributed by atoms with van der Waals surface area (Å²) in [6.07, 6.45) is 5.66. The number of nitrogens with one attached hydrogen (secondary N) is 2. The third-order valence-electron chi connectivity index (χ3n) is 2.79. The molecule has 2 heteroatoms. The van der Waals surface area contributed by atoms with E-state index in [0.29, 0.717) is 5.41 Å². The van der Waals surface area contributed by atoms with Crippen molar-refractivity contribution in [2.24, 2.45) is 5.41 Å². The number of hydrogen-bond acceptors (Lipinski definition) is 2. The Morgan fingerprint density at radius 3 is 2.50 bits per heavy atom. The van der Waals surface area contributed by atoms with Gasteiger partial charge in [0.2, 0.25) is 0 Å². The second-order valence-electron chi connectivity index (χ2n) is 4.03. The predicted molar refractivity (Wildman–Crippen MR) is 53.4 cm³/mol. The summed E-state index contributed by atoms with van der Waals surface area (Å²) in [5.41, 5.74) is 0.711. The fraction of sp³-hybridized carbons (Fsp3) is 1.00. The van der Waals surface area contributed by atoms with Gasteiger partial charge in [-0.15, -0.1) is 0 Å². The van der Waals surface area contributed by atoms with Crippen LogP contribution < -0.4 is 10.6 Å². The molecular formula is C10H22N2. The lowest BCUT2D eigenvalue weighted by Crippen LogP contribution is -2.30. The van der Waals surface area contributed by atoms with E-state index in [1.807, 2.05) is 7.05 Å². The predicted octanol–water partition coefficient (Wildman–Crippen LogP) is 1.38. The summed E-state index contributed by atoms with van der Waals surface area (Å²) in [6, 6.07) is 0. The van der Waals surface area contributed by atoms with Gasteiger partial charge >= 0.3 is 0 Å². The molecule has 1 fully saturated rings. The molecule has 0 atom stereocenters. The van der Waals surface area contributed by atoms with Crippen LogP contribution in [0, 0.1) is 5.41 Å². The standard InChI is InChI=1S/C10H22N2/c1-3-4-10(5-6-10)9-12-8-7-11-2/h11-12H,3-9H2,1-2H3. The molecule has 0 aromatic heterocycles. The molecule has 0 bridgehead atoms. The van der Waals surface area contributed by atoms with Crippen LogP contribution in [-0.4, -0.2) is 26.7 Å². The van der Waals surface area contributed by atoms with Gasteiger partial charge in [0.15, 0.2) is 0 Å². The first kappa shape index (κ1) is 10.0. The molecule has 0 heterocycles. The molecule has 1 rings (SSSR count). The van der Waals surface area contributed by atoms with E-state index in [1.165, 1.54) is 32.2 Å². The molecule has 0 aromatic carbocycles. The Labute approximate surface area is 76.1 Å². The first-order valence-electron chi connectivity index (χ1n) is 5.18. The van der Waals surface area contributed by atoms with Crippen LogP contribution in [0.15, 0.2) is 0 Å². The van der Waals surface area contributed by atoms with Gasteiger partial charge in [-0.05, 0) is 31.7 Å². The molecule has 0 radical (unpaired) electrons. The molecule has 1 aliphatic carbocycles. The second kappa shape index (κ2) is 4.83. The van der Waals surface area contributed by atoms with Crippen molar-refractivity contribution >= 4 is 0 Å². The molecule has 0 saturated heterocycles. The summed E-state index contributed by atoms with van der Waals surface area (Å²) in [7, 11) is 2.00. The van der Waals surface area contributed by atoms with Gasteiger partial charge in [0.25, 0.3) is 0 Å². The Bertz CT molecular complexity index is 119. The lowest BCUT2D eigenvalue weighted by Gasteiger charge is -2.14. The minimum Gasteiger partial charge on any atom is -0.318 e. The Morgan fingerprint density at radius 1 is 1.25 bits per heavy atom. The summed E-state index contributed by atoms with van der Waals surface area (Å²) in [5.74, 6) is 0. The Morgan fingerprint density at radius 2 is 2.00 bits per heavy atom. The van der Waals surface area contributed by atoms with Crippen LogP contribution in [0.1, 0.15) is 32.6 Å². The molecule has 0 aliphatic heterocycles. The minimum atomic E-state index is 0.711. The Kier molecular flexibility index (Phi) is 4.02. The van der Waals surface area contributed by atoms with Crippen molar-refractivity contribution in [3.05, 3.63) is 0 Å². The fourth-order valence-electron chi connectivity index (χ4n) is 1.79. The molecule has 12 heavy (non-hydrogen) atoms. The van der Waals surface area contributed by atoms with E-state index in [1.54, 1.807) is 0 Å². The monoisotopic (exact) mass is 170 g/mol. The van der Waals surface area contributed by atoms with Gasteiger partial charge in [-0.3, -0.25) is 0 Å². The van der Waals surface area contributed by atoms with E-state index in [4.69, 9.17) is 0 Å². The van der Waals surface area contributed by atoms with E-state index in [-0.39, 0.29) is 0 Å². The maximum atomic E-state index is 3.51. The molecule has 2 N–H and O–H groups in total. The van der Waals surface area contributed by atoms with Gasteiger partial charge in [-0.1, -0.05) is 13.3 Å². The molecule has 1 aliphatic rings. The van der Waals surface area contributed by atoms with E-state index in [2.05, 4.69) is 17.6 Å². The van der Waals surface area contributed by atoms with Gasteiger partial charge in [0, 0.05) is 19.6 Å². The van der Waals surface area contributed by atoms with Crippen molar-refractivity contribution in [2.45, 2.75) is 32.6 Å². The van der Waals surface area contributed by atoms with Crippen molar-refractivity contribution in [3.63, 3.8) is 0 Å². The van der Waals surface area contributed by atoms with Crippen molar-refractivity contribution in [1.82, 2.24) is 10.6 Å². The quantitative estimate of drug-likeness (QED) is 0.564. The van der Waals surface area contributed by atoms with Crippen LogP contribution in [0.25, 0.3) is 0 Å². The molecule has 72 valence electrons. The third kappa shape index (κ3) is 3.11. The second-order valence-corrected chi connectivity index (χ2v) is 4.03. The summed E-state index contributed by atoms with van der Waals surface area (Å²) < 4.78 is 0. The summed E-state index contributed by atoms with van der Waals surface area (Å²) in [5, 5.41) is 6.66. The smallest absolute Gasteiger partial charge is 0.00768 e. The lowest BCUT2D eigenvalue weighted by atomic mass is 10.0. The van der Waals surface area contributed by atoms with Gasteiger partial charge in [-0.2, -0.15) is 0 Å². The van der Waals surface area contributed by atoms with Crippen molar-refractivity contribution < 1.29 is 0 Å². The Balaban J connectivity index is 1.98. The summed E-state index contributed by atoms with van der Waals surface area (Å²) in [4.78, 5) is 0. The van der Waals surface area contributed by atoms with Crippen LogP contribution in [0.3, 0.4) is 0 Å². The highest BCUT2D eigenvalue weighted by Gasteiger charge is 2.40. The number of rotatable bonds is 7. The summed E-state index contributed by atoms with van der Waals surface area (Å²) >= 11 is 0. The molecule has 0 aromatic rings. The van der Waals surface area contributed by atoms with E-state index in [0.717, 1.165) is 13.1 Å². The van der Waals surface area contributed by atoms with Crippen LogP contribution >= 0.6 is 0 Å². The Hall–Kier alpha value is -0.0800. The SMILES string of the molecule is CCCC1(CNCCNC)CC1. The molecule has 1 saturated carbocycles.